The molecule has 0 radical (unpaired) electrons. The second kappa shape index (κ2) is 3.21. The summed E-state index contributed by atoms with van der Waals surface area (Å²) in [5.41, 5.74) is 4.98. The Morgan fingerprint density at radius 1 is 1.17 bits per heavy atom. The van der Waals surface area contributed by atoms with Crippen molar-refractivity contribution in [1.29, 1.82) is 0 Å². The van der Waals surface area contributed by atoms with Gasteiger partial charge in [0.25, 0.3) is 0 Å². The minimum Gasteiger partial charge on any atom is -0.357 e. The lowest BCUT2D eigenvalue weighted by molar-refractivity contribution is -0.111. The standard InChI is InChI=1S/C14H7ClN2O/c15-8-3-1-7(2-4-8)11-9-5-17-13(14(9)18)10-6-16-12(10)11/h1-6,17H. The molecular weight excluding hydrogens is 248 g/mol. The first-order valence-electron chi connectivity index (χ1n) is 5.56. The van der Waals surface area contributed by atoms with E-state index in [2.05, 4.69) is 10.3 Å². The van der Waals surface area contributed by atoms with Gasteiger partial charge in [-0.3, -0.25) is 9.79 Å². The molecule has 0 spiro atoms. The summed E-state index contributed by atoms with van der Waals surface area (Å²) in [6.45, 7) is 0. The van der Waals surface area contributed by atoms with Gasteiger partial charge < -0.3 is 5.32 Å². The van der Waals surface area contributed by atoms with Crippen molar-refractivity contribution in [3.63, 3.8) is 0 Å². The molecule has 0 unspecified atom stereocenters. The summed E-state index contributed by atoms with van der Waals surface area (Å²) in [5, 5.41) is 3.70. The maximum atomic E-state index is 12.1. The minimum atomic E-state index is 0.0462. The number of fused-ring (bicyclic) bond motifs is 3. The third-order valence-electron chi connectivity index (χ3n) is 3.32. The van der Waals surface area contributed by atoms with E-state index in [0.717, 1.165) is 22.4 Å². The van der Waals surface area contributed by atoms with Gasteiger partial charge in [0.2, 0.25) is 5.78 Å². The zero-order chi connectivity index (χ0) is 12.3. The van der Waals surface area contributed by atoms with Gasteiger partial charge in [-0.25, -0.2) is 0 Å². The van der Waals surface area contributed by atoms with Crippen molar-refractivity contribution in [3.8, 4) is 0 Å². The molecule has 0 saturated heterocycles. The van der Waals surface area contributed by atoms with Gasteiger partial charge in [0.15, 0.2) is 0 Å². The smallest absolute Gasteiger partial charge is 0.212 e. The van der Waals surface area contributed by atoms with Crippen molar-refractivity contribution >= 4 is 29.2 Å². The maximum absolute atomic E-state index is 12.1. The number of carbonyl (C=O) groups is 1. The third kappa shape index (κ3) is 1.09. The van der Waals surface area contributed by atoms with Crippen LogP contribution in [0, 0.1) is 0 Å². The summed E-state index contributed by atoms with van der Waals surface area (Å²) in [6.07, 6.45) is 3.48. The van der Waals surface area contributed by atoms with Crippen LogP contribution in [0.3, 0.4) is 0 Å². The van der Waals surface area contributed by atoms with E-state index in [0.29, 0.717) is 16.3 Å². The summed E-state index contributed by atoms with van der Waals surface area (Å²) in [5.74, 6) is 0.0462. The Morgan fingerprint density at radius 3 is 2.61 bits per heavy atom. The molecule has 4 heteroatoms. The van der Waals surface area contributed by atoms with Gasteiger partial charge in [-0.2, -0.15) is 0 Å². The van der Waals surface area contributed by atoms with E-state index in [-0.39, 0.29) is 5.78 Å². The molecule has 18 heavy (non-hydrogen) atoms. The van der Waals surface area contributed by atoms with Crippen LogP contribution >= 0.6 is 11.6 Å². The molecule has 0 fully saturated rings. The van der Waals surface area contributed by atoms with Crippen LogP contribution in [0.1, 0.15) is 5.56 Å². The molecule has 0 aromatic heterocycles. The highest BCUT2D eigenvalue weighted by atomic mass is 35.5. The fraction of sp³-hybridized carbons (Fsp3) is 0. The largest absolute Gasteiger partial charge is 0.357 e. The Morgan fingerprint density at radius 2 is 1.94 bits per heavy atom. The van der Waals surface area contributed by atoms with E-state index in [9.17, 15) is 4.79 Å². The Labute approximate surface area is 108 Å². The molecule has 2 heterocycles. The molecule has 0 amide bonds. The Kier molecular flexibility index (Phi) is 1.76. The normalized spacial score (nSPS) is 19.6. The lowest BCUT2D eigenvalue weighted by atomic mass is 9.84. The van der Waals surface area contributed by atoms with Crippen molar-refractivity contribution in [1.82, 2.24) is 5.32 Å². The molecule has 0 atom stereocenters. The predicted molar refractivity (Wildman–Crippen MR) is 70.1 cm³/mol. The van der Waals surface area contributed by atoms with Crippen LogP contribution in [0.15, 0.2) is 58.0 Å². The van der Waals surface area contributed by atoms with Gasteiger partial charge in [0.1, 0.15) is 0 Å². The molecule has 1 aliphatic carbocycles. The van der Waals surface area contributed by atoms with Crippen LogP contribution in [0.5, 0.6) is 0 Å². The molecule has 4 rings (SSSR count). The fourth-order valence-corrected chi connectivity index (χ4v) is 2.53. The van der Waals surface area contributed by atoms with E-state index in [4.69, 9.17) is 11.6 Å². The number of nitrogens with one attached hydrogen (secondary N) is 1. The van der Waals surface area contributed by atoms with Crippen LogP contribution in [0.2, 0.25) is 5.02 Å². The molecule has 2 aliphatic heterocycles. The fourth-order valence-electron chi connectivity index (χ4n) is 2.41. The van der Waals surface area contributed by atoms with Crippen molar-refractivity contribution < 1.29 is 4.79 Å². The van der Waals surface area contributed by atoms with E-state index in [1.54, 1.807) is 12.4 Å². The number of allylic oxidation sites excluding steroid dienone is 3. The average Bonchev–Trinajstić information content (AvgIpc) is 2.62. The van der Waals surface area contributed by atoms with E-state index >= 15 is 0 Å². The minimum absolute atomic E-state index is 0.0462. The number of Topliss-reactive ketones (excluding diaryl/α,β-unsaturated/α-hetero) is 1. The van der Waals surface area contributed by atoms with Crippen molar-refractivity contribution in [2.75, 3.05) is 0 Å². The quantitative estimate of drug-likeness (QED) is 0.836. The molecule has 3 nitrogen and oxygen atoms in total. The number of benzene rings is 1. The highest BCUT2D eigenvalue weighted by molar-refractivity contribution is 6.31. The number of carbonyl (C=O) groups excluding carboxylic acids is 1. The van der Waals surface area contributed by atoms with Gasteiger partial charge in [-0.15, -0.1) is 0 Å². The highest BCUT2D eigenvalue weighted by Gasteiger charge is 2.38. The van der Waals surface area contributed by atoms with Crippen LogP contribution in [0.4, 0.5) is 0 Å². The van der Waals surface area contributed by atoms with Gasteiger partial charge in [0.05, 0.1) is 17.0 Å². The summed E-state index contributed by atoms with van der Waals surface area (Å²) in [6, 6.07) is 7.46. The lowest BCUT2D eigenvalue weighted by Gasteiger charge is -2.23. The summed E-state index contributed by atoms with van der Waals surface area (Å²) < 4.78 is 0. The van der Waals surface area contributed by atoms with Crippen molar-refractivity contribution in [3.05, 3.63) is 63.6 Å². The average molecular weight is 255 g/mol. The maximum Gasteiger partial charge on any atom is 0.212 e. The second-order valence-corrected chi connectivity index (χ2v) is 4.75. The lowest BCUT2D eigenvalue weighted by Crippen LogP contribution is -2.21. The topological polar surface area (TPSA) is 41.5 Å². The molecular formula is C14H7ClN2O. The number of ketones is 1. The highest BCUT2D eigenvalue weighted by Crippen LogP contribution is 2.42. The Bertz CT molecular complexity index is 721. The van der Waals surface area contributed by atoms with Gasteiger partial charge in [0, 0.05) is 28.6 Å². The molecule has 1 aromatic carbocycles. The van der Waals surface area contributed by atoms with Crippen LogP contribution in [-0.2, 0) is 4.79 Å². The monoisotopic (exact) mass is 254 g/mol. The molecule has 2 bridgehead atoms. The number of aliphatic imine (C=N–C) groups is 1. The second-order valence-electron chi connectivity index (χ2n) is 4.31. The molecule has 1 aromatic rings. The Balaban J connectivity index is 1.98. The summed E-state index contributed by atoms with van der Waals surface area (Å²) in [4.78, 5) is 16.4. The Hall–Kier alpha value is -2.13. The van der Waals surface area contributed by atoms with Gasteiger partial charge >= 0.3 is 0 Å². The van der Waals surface area contributed by atoms with Crippen LogP contribution in [0.25, 0.3) is 5.57 Å². The predicted octanol–water partition coefficient (Wildman–Crippen LogP) is 2.46. The molecule has 0 saturated carbocycles. The number of hydrogen-bond donors (Lipinski definition) is 1. The van der Waals surface area contributed by atoms with Crippen molar-refractivity contribution in [2.24, 2.45) is 4.99 Å². The van der Waals surface area contributed by atoms with Crippen LogP contribution < -0.4 is 5.32 Å². The van der Waals surface area contributed by atoms with Gasteiger partial charge in [-0.05, 0) is 17.7 Å². The number of rotatable bonds is 1. The third-order valence-corrected chi connectivity index (χ3v) is 3.57. The van der Waals surface area contributed by atoms with E-state index in [1.165, 1.54) is 0 Å². The first kappa shape index (κ1) is 9.85. The SMILES string of the molecule is O=C1C2=CNC1=C1C=NC1=C2c1ccc(Cl)cc1. The number of hydrogen-bond acceptors (Lipinski definition) is 3. The number of nitrogens with zero attached hydrogens (tertiary/aromatic N) is 1. The van der Waals surface area contributed by atoms with Crippen LogP contribution in [-0.4, -0.2) is 12.0 Å². The zero-order valence-electron chi connectivity index (χ0n) is 9.20. The molecule has 1 N–H and O–H groups in total. The first-order chi connectivity index (χ1) is 8.75. The van der Waals surface area contributed by atoms with E-state index < -0.39 is 0 Å². The molecule has 86 valence electrons. The van der Waals surface area contributed by atoms with Gasteiger partial charge in [-0.1, -0.05) is 23.7 Å². The zero-order valence-corrected chi connectivity index (χ0v) is 9.95. The number of halogens is 1. The van der Waals surface area contributed by atoms with Crippen molar-refractivity contribution in [2.45, 2.75) is 0 Å². The van der Waals surface area contributed by atoms with E-state index in [1.807, 2.05) is 24.3 Å². The first-order valence-corrected chi connectivity index (χ1v) is 5.94. The summed E-state index contributed by atoms with van der Waals surface area (Å²) >= 11 is 5.89. The molecule has 3 aliphatic rings. The summed E-state index contributed by atoms with van der Waals surface area (Å²) in [7, 11) is 0.